The van der Waals surface area contributed by atoms with Gasteiger partial charge in [-0.25, -0.2) is 8.42 Å². The Labute approximate surface area is 161 Å². The number of nitrogens with zero attached hydrogens (tertiary/aromatic N) is 1. The lowest BCUT2D eigenvalue weighted by Gasteiger charge is -2.32. The fraction of sp³-hybridized carbons (Fsp3) is 0.381. The molecule has 0 radical (unpaired) electrons. The van der Waals surface area contributed by atoms with E-state index in [-0.39, 0.29) is 18.4 Å². The number of hydrogen-bond acceptors (Lipinski definition) is 4. The van der Waals surface area contributed by atoms with Crippen LogP contribution in [0.25, 0.3) is 0 Å². The normalized spacial score (nSPS) is 18.2. The van der Waals surface area contributed by atoms with Crippen LogP contribution >= 0.6 is 0 Å². The molecule has 6 heteroatoms. The zero-order chi connectivity index (χ0) is 19.4. The van der Waals surface area contributed by atoms with E-state index >= 15 is 0 Å². The second-order valence-electron chi connectivity index (χ2n) is 7.13. The van der Waals surface area contributed by atoms with E-state index in [1.54, 1.807) is 28.6 Å². The Morgan fingerprint density at radius 3 is 2.37 bits per heavy atom. The highest BCUT2D eigenvalue weighted by molar-refractivity contribution is 7.89. The van der Waals surface area contributed by atoms with Crippen LogP contribution in [-0.4, -0.2) is 37.6 Å². The molecule has 0 saturated carbocycles. The van der Waals surface area contributed by atoms with Crippen molar-refractivity contribution in [1.29, 1.82) is 0 Å². The van der Waals surface area contributed by atoms with Crippen molar-refractivity contribution in [2.75, 3.05) is 18.4 Å². The first kappa shape index (κ1) is 19.6. The summed E-state index contributed by atoms with van der Waals surface area (Å²) in [4.78, 5) is 12.5. The minimum Gasteiger partial charge on any atom is -0.378 e. The summed E-state index contributed by atoms with van der Waals surface area (Å²) in [5.74, 6) is -0.00570. The lowest BCUT2D eigenvalue weighted by molar-refractivity contribution is 0.101. The molecule has 0 amide bonds. The Morgan fingerprint density at radius 1 is 1.07 bits per heavy atom. The van der Waals surface area contributed by atoms with Crippen LogP contribution in [0.15, 0.2) is 53.4 Å². The first-order valence-electron chi connectivity index (χ1n) is 9.33. The van der Waals surface area contributed by atoms with Gasteiger partial charge in [0, 0.05) is 23.8 Å². The topological polar surface area (TPSA) is 66.5 Å². The average molecular weight is 387 g/mol. The van der Waals surface area contributed by atoms with E-state index in [4.69, 9.17) is 0 Å². The van der Waals surface area contributed by atoms with Gasteiger partial charge in [-0.1, -0.05) is 36.2 Å². The molecule has 144 valence electrons. The van der Waals surface area contributed by atoms with E-state index in [0.29, 0.717) is 17.0 Å². The number of sulfonamides is 1. The number of hydrogen-bond donors (Lipinski definition) is 1. The van der Waals surface area contributed by atoms with Crippen molar-refractivity contribution in [3.63, 3.8) is 0 Å². The van der Waals surface area contributed by atoms with Crippen LogP contribution in [0, 0.1) is 6.92 Å². The summed E-state index contributed by atoms with van der Waals surface area (Å²) >= 11 is 0. The van der Waals surface area contributed by atoms with Gasteiger partial charge >= 0.3 is 0 Å². The van der Waals surface area contributed by atoms with Crippen LogP contribution < -0.4 is 5.32 Å². The zero-order valence-corrected chi connectivity index (χ0v) is 16.6. The van der Waals surface area contributed by atoms with Gasteiger partial charge < -0.3 is 5.32 Å². The van der Waals surface area contributed by atoms with Crippen LogP contribution in [0.2, 0.25) is 0 Å². The van der Waals surface area contributed by atoms with Crippen molar-refractivity contribution >= 4 is 21.5 Å². The Balaban J connectivity index is 1.64. The molecular weight excluding hydrogens is 360 g/mol. The molecule has 0 aromatic heterocycles. The third-order valence-corrected chi connectivity index (χ3v) is 7.06. The lowest BCUT2D eigenvalue weighted by atomic mass is 10.1. The average Bonchev–Trinajstić information content (AvgIpc) is 2.67. The molecule has 0 aliphatic carbocycles. The van der Waals surface area contributed by atoms with Crippen molar-refractivity contribution in [3.05, 3.63) is 59.7 Å². The number of ketones is 1. The van der Waals surface area contributed by atoms with Crippen molar-refractivity contribution in [1.82, 2.24) is 4.31 Å². The Hall–Kier alpha value is -2.18. The molecular formula is C21H26N2O3S. The highest BCUT2D eigenvalue weighted by atomic mass is 32.2. The van der Waals surface area contributed by atoms with Gasteiger partial charge in [0.25, 0.3) is 0 Å². The number of benzene rings is 2. The summed E-state index contributed by atoms with van der Waals surface area (Å²) in [6.07, 6.45) is 2.88. The van der Waals surface area contributed by atoms with Crippen molar-refractivity contribution < 1.29 is 13.2 Å². The number of carbonyl (C=O) groups is 1. The Bertz CT molecular complexity index is 890. The van der Waals surface area contributed by atoms with Gasteiger partial charge in [0.2, 0.25) is 10.0 Å². The monoisotopic (exact) mass is 386 g/mol. The molecule has 1 aliphatic heterocycles. The number of piperidine rings is 1. The van der Waals surface area contributed by atoms with Crippen LogP contribution in [0.4, 0.5) is 5.69 Å². The van der Waals surface area contributed by atoms with Gasteiger partial charge in [-0.05, 0) is 51.0 Å². The summed E-state index contributed by atoms with van der Waals surface area (Å²) in [7, 11) is -3.47. The highest BCUT2D eigenvalue weighted by Gasteiger charge is 2.30. The van der Waals surface area contributed by atoms with Gasteiger partial charge in [-0.3, -0.25) is 4.79 Å². The molecule has 5 nitrogen and oxygen atoms in total. The molecule has 3 rings (SSSR count). The Morgan fingerprint density at radius 2 is 1.74 bits per heavy atom. The third-order valence-electron chi connectivity index (χ3n) is 5.03. The predicted molar refractivity (Wildman–Crippen MR) is 108 cm³/mol. The molecule has 2 aromatic carbocycles. The largest absolute Gasteiger partial charge is 0.378 e. The van der Waals surface area contributed by atoms with Crippen LogP contribution in [0.3, 0.4) is 0 Å². The van der Waals surface area contributed by atoms with E-state index in [1.807, 2.05) is 38.1 Å². The van der Waals surface area contributed by atoms with E-state index in [1.165, 1.54) is 0 Å². The molecule has 1 fully saturated rings. The summed E-state index contributed by atoms with van der Waals surface area (Å²) in [6, 6.07) is 14.1. The summed E-state index contributed by atoms with van der Waals surface area (Å²) < 4.78 is 27.3. The summed E-state index contributed by atoms with van der Waals surface area (Å²) in [5, 5.41) is 3.07. The summed E-state index contributed by atoms with van der Waals surface area (Å²) in [6.45, 7) is 4.68. The SMILES string of the molecule is Cc1ccc(C(=O)CNc2ccc(S(=O)(=O)N3CCCCC3C)cc2)cc1. The van der Waals surface area contributed by atoms with Crippen molar-refractivity contribution in [2.24, 2.45) is 0 Å². The fourth-order valence-electron chi connectivity index (χ4n) is 3.33. The smallest absolute Gasteiger partial charge is 0.243 e. The predicted octanol–water partition coefficient (Wildman–Crippen LogP) is 3.85. The fourth-order valence-corrected chi connectivity index (χ4v) is 5.03. The number of anilines is 1. The molecule has 27 heavy (non-hydrogen) atoms. The summed E-state index contributed by atoms with van der Waals surface area (Å²) in [5.41, 5.74) is 2.49. The minimum absolute atomic E-state index is 0.00570. The number of aryl methyl sites for hydroxylation is 1. The van der Waals surface area contributed by atoms with Crippen LogP contribution in [0.5, 0.6) is 0 Å². The maximum atomic E-state index is 12.8. The standard InChI is InChI=1S/C21H26N2O3S/c1-16-6-8-18(9-7-16)21(24)15-22-19-10-12-20(13-11-19)27(25,26)23-14-4-3-5-17(23)2/h6-13,17,22H,3-5,14-15H2,1-2H3. The minimum atomic E-state index is -3.47. The molecule has 1 unspecified atom stereocenters. The van der Waals surface area contributed by atoms with Gasteiger partial charge in [0.15, 0.2) is 5.78 Å². The molecule has 1 aliphatic rings. The first-order valence-corrected chi connectivity index (χ1v) is 10.8. The van der Waals surface area contributed by atoms with E-state index < -0.39 is 10.0 Å². The lowest BCUT2D eigenvalue weighted by Crippen LogP contribution is -2.41. The van der Waals surface area contributed by atoms with Crippen LogP contribution in [0.1, 0.15) is 42.1 Å². The second kappa shape index (κ2) is 8.23. The number of carbonyl (C=O) groups excluding carboxylic acids is 1. The molecule has 1 atom stereocenters. The van der Waals surface area contributed by atoms with Gasteiger partial charge in [-0.15, -0.1) is 0 Å². The number of rotatable bonds is 6. The van der Waals surface area contributed by atoms with Crippen molar-refractivity contribution in [3.8, 4) is 0 Å². The maximum absolute atomic E-state index is 12.8. The molecule has 2 aromatic rings. The van der Waals surface area contributed by atoms with Gasteiger partial charge in [0.05, 0.1) is 11.4 Å². The van der Waals surface area contributed by atoms with E-state index in [9.17, 15) is 13.2 Å². The molecule has 1 N–H and O–H groups in total. The molecule has 1 saturated heterocycles. The first-order chi connectivity index (χ1) is 12.9. The van der Waals surface area contributed by atoms with E-state index in [2.05, 4.69) is 5.32 Å². The van der Waals surface area contributed by atoms with E-state index in [0.717, 1.165) is 30.5 Å². The molecule has 0 bridgehead atoms. The second-order valence-corrected chi connectivity index (χ2v) is 9.02. The molecule has 0 spiro atoms. The zero-order valence-electron chi connectivity index (χ0n) is 15.8. The molecule has 1 heterocycles. The Kier molecular flexibility index (Phi) is 5.97. The number of nitrogens with one attached hydrogen (secondary N) is 1. The quantitative estimate of drug-likeness (QED) is 0.766. The van der Waals surface area contributed by atoms with Gasteiger partial charge in [-0.2, -0.15) is 4.31 Å². The van der Waals surface area contributed by atoms with Crippen molar-refractivity contribution in [2.45, 2.75) is 44.0 Å². The maximum Gasteiger partial charge on any atom is 0.243 e. The van der Waals surface area contributed by atoms with Gasteiger partial charge in [0.1, 0.15) is 0 Å². The third kappa shape index (κ3) is 4.57. The number of Topliss-reactive ketones (excluding diaryl/α,β-unsaturated/α-hetero) is 1. The van der Waals surface area contributed by atoms with Crippen LogP contribution in [-0.2, 0) is 10.0 Å². The highest BCUT2D eigenvalue weighted by Crippen LogP contribution is 2.25.